The van der Waals surface area contributed by atoms with Gasteiger partial charge < -0.3 is 51.5 Å². The first-order valence-corrected chi connectivity index (χ1v) is 30.1. The molecule has 10 N–H and O–H groups in total. The van der Waals surface area contributed by atoms with Gasteiger partial charge in [0.15, 0.2) is 5.11 Å². The maximum Gasteiger partial charge on any atom is 0.317 e. The molecule has 28 nitrogen and oxygen atoms in total. The van der Waals surface area contributed by atoms with Crippen molar-refractivity contribution in [2.24, 2.45) is 0 Å². The zero-order valence-electron chi connectivity index (χ0n) is 52.0. The first-order chi connectivity index (χ1) is 46.9. The van der Waals surface area contributed by atoms with Crippen LogP contribution in [0.2, 0.25) is 0 Å². The third-order valence-corrected chi connectivity index (χ3v) is 14.2. The van der Waals surface area contributed by atoms with Gasteiger partial charge in [0.05, 0.1) is 134 Å². The highest BCUT2D eigenvalue weighted by molar-refractivity contribution is 7.80. The van der Waals surface area contributed by atoms with Gasteiger partial charge in [-0.05, 0) is 132 Å². The Morgan fingerprint density at radius 3 is 0.776 bits per heavy atom. The van der Waals surface area contributed by atoms with Crippen LogP contribution in [0.3, 0.4) is 0 Å². The van der Waals surface area contributed by atoms with Crippen molar-refractivity contribution in [1.82, 2.24) is 60.1 Å². The second-order valence-corrected chi connectivity index (χ2v) is 22.2. The number of hydrogen-bond acceptors (Lipinski definition) is 19. The number of carboxylic acid groups (broad SMARTS) is 8. The number of nitrogens with zero attached hydrogens (tertiary/aromatic N) is 10. The highest BCUT2D eigenvalue weighted by Gasteiger charge is 2.22. The molecule has 8 aromatic rings. The first-order valence-electron chi connectivity index (χ1n) is 29.7. The largest absolute Gasteiger partial charge is 0.480 e. The Bertz CT molecular complexity index is 3900. The lowest BCUT2D eigenvalue weighted by atomic mass is 10.0. The normalized spacial score (nSPS) is 10.9. The van der Waals surface area contributed by atoms with Crippen molar-refractivity contribution in [3.8, 4) is 91.5 Å². The summed E-state index contributed by atoms with van der Waals surface area (Å²) in [5.41, 5.74) is 8.79. The molecule has 0 aliphatic heterocycles. The van der Waals surface area contributed by atoms with Gasteiger partial charge in [-0.3, -0.25) is 58.0 Å². The molecule has 0 spiro atoms. The number of carboxylic acids is 8. The van der Waals surface area contributed by atoms with Crippen LogP contribution in [0.4, 0.5) is 0 Å². The Labute approximate surface area is 564 Å². The van der Waals surface area contributed by atoms with Crippen LogP contribution in [-0.4, -0.2) is 209 Å². The zero-order valence-corrected chi connectivity index (χ0v) is 52.8. The predicted molar refractivity (Wildman–Crippen MR) is 357 cm³/mol. The average molecular weight is 1350 g/mol. The molecule has 0 unspecified atom stereocenters. The summed E-state index contributed by atoms with van der Waals surface area (Å²) in [5.74, 6) is 2.65. The number of hydrogen-bond donors (Lipinski definition) is 10. The molecule has 6 heterocycles. The third kappa shape index (κ3) is 23.0. The Morgan fingerprint density at radius 2 is 0.551 bits per heavy atom. The fourth-order valence-corrected chi connectivity index (χ4v) is 10.1. The highest BCUT2D eigenvalue weighted by Crippen LogP contribution is 2.32. The minimum absolute atomic E-state index is 0.0915. The molecule has 0 aliphatic carbocycles. The molecule has 2 aromatic carbocycles. The van der Waals surface area contributed by atoms with E-state index in [0.29, 0.717) is 95.7 Å². The summed E-state index contributed by atoms with van der Waals surface area (Å²) in [4.78, 5) is 126. The second kappa shape index (κ2) is 34.8. The Kier molecular flexibility index (Phi) is 25.4. The van der Waals surface area contributed by atoms with Crippen molar-refractivity contribution in [2.45, 2.75) is 26.2 Å². The van der Waals surface area contributed by atoms with Crippen LogP contribution in [0.5, 0.6) is 0 Å². The van der Waals surface area contributed by atoms with Gasteiger partial charge in [0.1, 0.15) is 0 Å². The summed E-state index contributed by atoms with van der Waals surface area (Å²) < 4.78 is 0. The summed E-state index contributed by atoms with van der Waals surface area (Å²) >= 11 is 5.49. The molecule has 0 bridgehead atoms. The molecular weight excluding hydrogens is 1280 g/mol. The van der Waals surface area contributed by atoms with E-state index in [1.165, 1.54) is 19.6 Å². The maximum atomic E-state index is 11.6. The number of thiocarbonyl (C=S) groups is 1. The van der Waals surface area contributed by atoms with Crippen LogP contribution in [0.15, 0.2) is 146 Å². The summed E-state index contributed by atoms with van der Waals surface area (Å²) in [7, 11) is 0. The minimum atomic E-state index is -1.21. The van der Waals surface area contributed by atoms with Crippen molar-refractivity contribution in [2.75, 3.05) is 65.4 Å². The van der Waals surface area contributed by atoms with E-state index in [2.05, 4.69) is 34.3 Å². The van der Waals surface area contributed by atoms with Crippen LogP contribution in [-0.2, 0) is 64.5 Å². The van der Waals surface area contributed by atoms with Gasteiger partial charge in [0.25, 0.3) is 0 Å². The van der Waals surface area contributed by atoms with E-state index >= 15 is 0 Å². The molecule has 6 aromatic heterocycles. The van der Waals surface area contributed by atoms with Gasteiger partial charge in [-0.15, -0.1) is 0 Å². The van der Waals surface area contributed by atoms with E-state index in [1.54, 1.807) is 97.1 Å². The molecular formula is C69H62N12O16S. The van der Waals surface area contributed by atoms with Gasteiger partial charge >= 0.3 is 47.8 Å². The smallest absolute Gasteiger partial charge is 0.317 e. The van der Waals surface area contributed by atoms with E-state index in [-0.39, 0.29) is 39.3 Å². The van der Waals surface area contributed by atoms with Gasteiger partial charge in [0, 0.05) is 37.3 Å². The zero-order chi connectivity index (χ0) is 70.3. The maximum absolute atomic E-state index is 11.6. The second-order valence-electron chi connectivity index (χ2n) is 21.8. The van der Waals surface area contributed by atoms with E-state index < -0.39 is 100 Å². The molecule has 0 amide bonds. The number of rotatable bonds is 32. The molecule has 29 heteroatoms. The van der Waals surface area contributed by atoms with Crippen LogP contribution in [0, 0.1) is 23.7 Å². The monoisotopic (exact) mass is 1350 g/mol. The molecule has 500 valence electrons. The third-order valence-electron chi connectivity index (χ3n) is 13.9. The number of nitrogens with one attached hydrogen (secondary N) is 2. The summed E-state index contributed by atoms with van der Waals surface area (Å²) in [6.07, 6.45) is 0. The van der Waals surface area contributed by atoms with Gasteiger partial charge in [-0.2, -0.15) is 0 Å². The van der Waals surface area contributed by atoms with Crippen molar-refractivity contribution in [3.63, 3.8) is 0 Å². The Morgan fingerprint density at radius 1 is 0.316 bits per heavy atom. The molecule has 0 atom stereocenters. The minimum Gasteiger partial charge on any atom is -0.480 e. The van der Waals surface area contributed by atoms with E-state index in [1.807, 2.05) is 48.5 Å². The quantitative estimate of drug-likeness (QED) is 0.0200. The lowest BCUT2D eigenvalue weighted by Gasteiger charge is -2.18. The number of carbonyl (C=O) groups is 8. The lowest BCUT2D eigenvalue weighted by Crippen LogP contribution is -2.35. The Balaban J connectivity index is 0.948. The van der Waals surface area contributed by atoms with E-state index in [0.717, 1.165) is 11.1 Å². The number of aliphatic carboxylic acids is 8. The van der Waals surface area contributed by atoms with Gasteiger partial charge in [0.2, 0.25) is 0 Å². The highest BCUT2D eigenvalue weighted by atomic mass is 32.1. The predicted octanol–water partition coefficient (Wildman–Crippen LogP) is 4.81. The van der Waals surface area contributed by atoms with Crippen molar-refractivity contribution in [1.29, 1.82) is 0 Å². The van der Waals surface area contributed by atoms with Gasteiger partial charge in [-0.1, -0.05) is 72.2 Å². The molecule has 0 saturated heterocycles. The van der Waals surface area contributed by atoms with Crippen molar-refractivity contribution < 1.29 is 79.2 Å². The van der Waals surface area contributed by atoms with Gasteiger partial charge in [-0.25, -0.2) is 29.9 Å². The standard InChI is InChI=1S/C69H62N12O16S/c82-61(83)35-78(36-62(84)85)31-49-9-1-13-53(72-49)57-27-47(28-58(76-57)54-14-2-10-50(73-54)32-79(37-63(86)87)38-64(88)89)45-21-17-43(18-22-45)7-5-25-70-69(98)71-26-6-8-44-19-23-46(24-20-44)48-29-59(55-15-3-11-51(74-55)33-80(39-65(90)91)40-66(92)93)77-60(30-48)56-16-4-12-52(75-56)34-81(41-67(94)95)42-68(96)97/h1-4,9-24,27-30H,25-26,31-42H2,(H,82,83)(H,84,85)(H,86,87)(H,88,89)(H,90,91)(H,92,93)(H,94,95)(H,96,97)(H2,70,71,98). The van der Waals surface area contributed by atoms with Crippen LogP contribution < -0.4 is 10.6 Å². The first kappa shape index (κ1) is 71.6. The SMILES string of the molecule is O=C(O)CN(CC(=O)O)Cc1cccc(-c2cc(-c3ccc(C#CCNC(=S)NCC#Cc4ccc(-c5cc(-c6cccc(CN(CC(=O)O)CC(=O)O)n6)nc(-c6cccc(CN(CC(=O)O)CC(=O)O)n6)c5)cc4)cc3)cc(-c3cccc(CN(CC(=O)O)CC(=O)O)n3)n2)n1. The van der Waals surface area contributed by atoms with E-state index in [9.17, 15) is 79.2 Å². The topological polar surface area (TPSA) is 413 Å². The number of benzene rings is 2. The van der Waals surface area contributed by atoms with E-state index in [4.69, 9.17) is 42.1 Å². The number of pyridine rings is 6. The Hall–Kier alpha value is -12.3. The van der Waals surface area contributed by atoms with Crippen LogP contribution in [0.25, 0.3) is 67.8 Å². The fraction of sp³-hybridized carbons (Fsp3) is 0.203. The van der Waals surface area contributed by atoms with Crippen molar-refractivity contribution >= 4 is 65.1 Å². The molecule has 0 fully saturated rings. The van der Waals surface area contributed by atoms with Crippen LogP contribution in [0.1, 0.15) is 33.9 Å². The average Bonchev–Trinajstić information content (AvgIpc) is 0.803. The van der Waals surface area contributed by atoms with Crippen LogP contribution >= 0.6 is 12.2 Å². The summed E-state index contributed by atoms with van der Waals surface area (Å²) in [6, 6.07) is 42.0. The molecule has 0 radical (unpaired) electrons. The lowest BCUT2D eigenvalue weighted by molar-refractivity contribution is -0.144. The fourth-order valence-electron chi connectivity index (χ4n) is 9.97. The summed E-state index contributed by atoms with van der Waals surface area (Å²) in [6.45, 7) is -4.31. The number of aromatic nitrogens is 6. The molecule has 98 heavy (non-hydrogen) atoms. The molecule has 0 aliphatic rings. The molecule has 8 rings (SSSR count). The summed E-state index contributed by atoms with van der Waals surface area (Å²) in [5, 5.41) is 81.9. The molecule has 0 saturated carbocycles. The van der Waals surface area contributed by atoms with Crippen molar-refractivity contribution in [3.05, 3.63) is 179 Å².